The highest BCUT2D eigenvalue weighted by molar-refractivity contribution is 7.89. The van der Waals surface area contributed by atoms with Crippen LogP contribution >= 0.6 is 0 Å². The Morgan fingerprint density at radius 3 is 2.50 bits per heavy atom. The standard InChI is InChI=1S/C11H16N2O4S/c14-11(15)8-1-3-9(4-2-8)13-18(16,17)10-5-6-12-7-10/h5-9,12-13H,1-4H2,(H,14,15). The molecule has 1 aromatic heterocycles. The molecule has 1 aliphatic rings. The normalized spacial score (nSPS) is 24.9. The minimum absolute atomic E-state index is 0.166. The van der Waals surface area contributed by atoms with Crippen LogP contribution in [-0.2, 0) is 14.8 Å². The van der Waals surface area contributed by atoms with Crippen molar-refractivity contribution >= 4 is 16.0 Å². The predicted molar refractivity (Wildman–Crippen MR) is 64.5 cm³/mol. The van der Waals surface area contributed by atoms with Crippen LogP contribution in [0.15, 0.2) is 23.4 Å². The molecule has 0 amide bonds. The smallest absolute Gasteiger partial charge is 0.306 e. The fourth-order valence-corrected chi connectivity index (χ4v) is 3.50. The Balaban J connectivity index is 1.94. The summed E-state index contributed by atoms with van der Waals surface area (Å²) in [5, 5.41) is 8.86. The van der Waals surface area contributed by atoms with Gasteiger partial charge in [-0.3, -0.25) is 4.79 Å². The SMILES string of the molecule is O=C(O)C1CCC(NS(=O)(=O)c2cc[nH]c2)CC1. The number of sulfonamides is 1. The third-order valence-corrected chi connectivity index (χ3v) is 4.80. The minimum Gasteiger partial charge on any atom is -0.481 e. The highest BCUT2D eigenvalue weighted by atomic mass is 32.2. The number of rotatable bonds is 4. The summed E-state index contributed by atoms with van der Waals surface area (Å²) in [6.45, 7) is 0. The number of H-pyrrole nitrogens is 1. The second-order valence-corrected chi connectivity index (χ2v) is 6.27. The van der Waals surface area contributed by atoms with Crippen LogP contribution in [0.3, 0.4) is 0 Å². The third kappa shape index (κ3) is 2.91. The number of aliphatic carboxylic acids is 1. The molecule has 1 saturated carbocycles. The number of aromatic amines is 1. The zero-order chi connectivity index (χ0) is 13.2. The maximum Gasteiger partial charge on any atom is 0.306 e. The van der Waals surface area contributed by atoms with Gasteiger partial charge in [-0.15, -0.1) is 0 Å². The molecule has 1 aliphatic carbocycles. The van der Waals surface area contributed by atoms with E-state index < -0.39 is 16.0 Å². The average molecular weight is 272 g/mol. The molecule has 0 spiro atoms. The summed E-state index contributed by atoms with van der Waals surface area (Å²) in [6.07, 6.45) is 5.16. The van der Waals surface area contributed by atoms with Gasteiger partial charge in [-0.05, 0) is 31.7 Å². The summed E-state index contributed by atoms with van der Waals surface area (Å²) in [4.78, 5) is 13.7. The van der Waals surface area contributed by atoms with E-state index in [1.54, 1.807) is 6.20 Å². The van der Waals surface area contributed by atoms with Gasteiger partial charge in [0.2, 0.25) is 10.0 Å². The summed E-state index contributed by atoms with van der Waals surface area (Å²) in [5.41, 5.74) is 0. The van der Waals surface area contributed by atoms with Crippen molar-refractivity contribution in [3.8, 4) is 0 Å². The monoisotopic (exact) mass is 272 g/mol. The summed E-state index contributed by atoms with van der Waals surface area (Å²) >= 11 is 0. The molecule has 0 bridgehead atoms. The summed E-state index contributed by atoms with van der Waals surface area (Å²) < 4.78 is 26.5. The molecule has 18 heavy (non-hydrogen) atoms. The van der Waals surface area contributed by atoms with Gasteiger partial charge < -0.3 is 10.1 Å². The van der Waals surface area contributed by atoms with Gasteiger partial charge in [-0.2, -0.15) is 0 Å². The minimum atomic E-state index is -3.48. The number of carboxylic acid groups (broad SMARTS) is 1. The van der Waals surface area contributed by atoms with Crippen LogP contribution in [0.5, 0.6) is 0 Å². The van der Waals surface area contributed by atoms with Crippen molar-refractivity contribution in [2.45, 2.75) is 36.6 Å². The molecule has 0 atom stereocenters. The quantitative estimate of drug-likeness (QED) is 0.759. The molecule has 1 aromatic rings. The van der Waals surface area contributed by atoms with E-state index in [0.717, 1.165) is 0 Å². The molecule has 0 aromatic carbocycles. The topological polar surface area (TPSA) is 99.3 Å². The van der Waals surface area contributed by atoms with Crippen molar-refractivity contribution in [1.29, 1.82) is 0 Å². The molecule has 3 N–H and O–H groups in total. The van der Waals surface area contributed by atoms with Crippen LogP contribution in [0.2, 0.25) is 0 Å². The van der Waals surface area contributed by atoms with Crippen molar-refractivity contribution in [2.75, 3.05) is 0 Å². The molecule has 0 saturated heterocycles. The van der Waals surface area contributed by atoms with Crippen molar-refractivity contribution in [1.82, 2.24) is 9.71 Å². The van der Waals surface area contributed by atoms with Gasteiger partial charge in [0.1, 0.15) is 0 Å². The zero-order valence-electron chi connectivity index (χ0n) is 9.80. The predicted octanol–water partition coefficient (Wildman–Crippen LogP) is 0.936. The Hall–Kier alpha value is -1.34. The van der Waals surface area contributed by atoms with E-state index in [-0.39, 0.29) is 16.9 Å². The van der Waals surface area contributed by atoms with E-state index in [9.17, 15) is 13.2 Å². The summed E-state index contributed by atoms with van der Waals surface area (Å²) in [5.74, 6) is -1.13. The molecule has 0 unspecified atom stereocenters. The highest BCUT2D eigenvalue weighted by Crippen LogP contribution is 2.25. The Morgan fingerprint density at radius 1 is 1.33 bits per heavy atom. The molecule has 100 valence electrons. The highest BCUT2D eigenvalue weighted by Gasteiger charge is 2.28. The van der Waals surface area contributed by atoms with Crippen LogP contribution in [0.1, 0.15) is 25.7 Å². The third-order valence-electron chi connectivity index (χ3n) is 3.28. The first-order valence-corrected chi connectivity index (χ1v) is 7.35. The molecule has 2 rings (SSSR count). The fourth-order valence-electron chi connectivity index (χ4n) is 2.22. The maximum absolute atomic E-state index is 11.9. The molecular formula is C11H16N2O4S. The lowest BCUT2D eigenvalue weighted by Gasteiger charge is -2.26. The fraction of sp³-hybridized carbons (Fsp3) is 0.545. The van der Waals surface area contributed by atoms with Crippen LogP contribution in [-0.4, -0.2) is 30.5 Å². The van der Waals surface area contributed by atoms with Crippen molar-refractivity contribution in [2.24, 2.45) is 5.92 Å². The average Bonchev–Trinajstić information content (AvgIpc) is 2.83. The van der Waals surface area contributed by atoms with Crippen molar-refractivity contribution in [3.63, 3.8) is 0 Å². The molecule has 7 heteroatoms. The lowest BCUT2D eigenvalue weighted by atomic mass is 9.87. The van der Waals surface area contributed by atoms with Crippen molar-refractivity contribution < 1.29 is 18.3 Å². The van der Waals surface area contributed by atoms with E-state index in [1.807, 2.05) is 0 Å². The van der Waals surface area contributed by atoms with Gasteiger partial charge in [0.25, 0.3) is 0 Å². The Morgan fingerprint density at radius 2 is 2.00 bits per heavy atom. The van der Waals surface area contributed by atoms with Crippen LogP contribution in [0, 0.1) is 5.92 Å². The van der Waals surface area contributed by atoms with Crippen molar-refractivity contribution in [3.05, 3.63) is 18.5 Å². The first-order valence-electron chi connectivity index (χ1n) is 5.87. The zero-order valence-corrected chi connectivity index (χ0v) is 10.6. The number of carboxylic acids is 1. The van der Waals surface area contributed by atoms with Gasteiger partial charge in [-0.25, -0.2) is 13.1 Å². The first-order chi connectivity index (χ1) is 8.49. The second kappa shape index (κ2) is 5.11. The van der Waals surface area contributed by atoms with Gasteiger partial charge in [-0.1, -0.05) is 0 Å². The second-order valence-electron chi connectivity index (χ2n) is 4.55. The van der Waals surface area contributed by atoms with E-state index in [4.69, 9.17) is 5.11 Å². The lowest BCUT2D eigenvalue weighted by Crippen LogP contribution is -2.38. The molecule has 1 heterocycles. The summed E-state index contributed by atoms with van der Waals surface area (Å²) in [7, 11) is -3.48. The Labute approximate surface area is 105 Å². The molecule has 0 aliphatic heterocycles. The number of hydrogen-bond donors (Lipinski definition) is 3. The van der Waals surface area contributed by atoms with E-state index >= 15 is 0 Å². The molecular weight excluding hydrogens is 256 g/mol. The van der Waals surface area contributed by atoms with E-state index in [2.05, 4.69) is 9.71 Å². The van der Waals surface area contributed by atoms with Gasteiger partial charge in [0, 0.05) is 18.4 Å². The number of carbonyl (C=O) groups is 1. The summed E-state index contributed by atoms with van der Waals surface area (Å²) in [6, 6.07) is 1.33. The lowest BCUT2D eigenvalue weighted by molar-refractivity contribution is -0.142. The maximum atomic E-state index is 11.9. The molecule has 6 nitrogen and oxygen atoms in total. The number of nitrogens with one attached hydrogen (secondary N) is 2. The Kier molecular flexibility index (Phi) is 3.72. The van der Waals surface area contributed by atoms with Gasteiger partial charge in [0.05, 0.1) is 10.8 Å². The van der Waals surface area contributed by atoms with E-state index in [0.29, 0.717) is 25.7 Å². The van der Waals surface area contributed by atoms with Gasteiger partial charge in [0.15, 0.2) is 0 Å². The van der Waals surface area contributed by atoms with Gasteiger partial charge >= 0.3 is 5.97 Å². The van der Waals surface area contributed by atoms with Crippen LogP contribution in [0.25, 0.3) is 0 Å². The molecule has 0 radical (unpaired) electrons. The van der Waals surface area contributed by atoms with E-state index in [1.165, 1.54) is 12.3 Å². The largest absolute Gasteiger partial charge is 0.481 e. The van der Waals surface area contributed by atoms with Crippen LogP contribution < -0.4 is 4.72 Å². The number of aromatic nitrogens is 1. The Bertz CT molecular complexity index is 501. The first kappa shape index (κ1) is 13.1. The number of hydrogen-bond acceptors (Lipinski definition) is 3. The molecule has 1 fully saturated rings. The van der Waals surface area contributed by atoms with Crippen LogP contribution in [0.4, 0.5) is 0 Å².